The molecule has 1 fully saturated rings. The lowest BCUT2D eigenvalue weighted by Crippen LogP contribution is -2.35. The van der Waals surface area contributed by atoms with Crippen LogP contribution in [0.5, 0.6) is 0 Å². The van der Waals surface area contributed by atoms with Crippen LogP contribution in [0.1, 0.15) is 52.1 Å². The molecule has 0 unspecified atom stereocenters. The van der Waals surface area contributed by atoms with E-state index in [-0.39, 0.29) is 5.56 Å². The molecule has 172 valence electrons. The highest BCUT2D eigenvalue weighted by atomic mass is 16.6. The van der Waals surface area contributed by atoms with Crippen molar-refractivity contribution in [2.24, 2.45) is 20.0 Å². The molecule has 32 heavy (non-hydrogen) atoms. The second-order valence-corrected chi connectivity index (χ2v) is 9.76. The number of fused-ring (bicyclic) bond motifs is 1. The number of aromatic nitrogens is 5. The van der Waals surface area contributed by atoms with Crippen molar-refractivity contribution >= 4 is 28.5 Å². The minimum absolute atomic E-state index is 0.0947. The van der Waals surface area contributed by atoms with Crippen molar-refractivity contribution in [2.45, 2.75) is 65.5 Å². The number of ether oxygens (including phenoxy) is 1. The van der Waals surface area contributed by atoms with Crippen molar-refractivity contribution in [3.63, 3.8) is 0 Å². The summed E-state index contributed by atoms with van der Waals surface area (Å²) in [5.74, 6) is 0.460. The van der Waals surface area contributed by atoms with Gasteiger partial charge in [-0.25, -0.2) is 14.7 Å². The van der Waals surface area contributed by atoms with Crippen LogP contribution in [0, 0.1) is 12.8 Å². The van der Waals surface area contributed by atoms with Gasteiger partial charge < -0.3 is 13.9 Å². The smallest absolute Gasteiger partial charge is 0.419 e. The summed E-state index contributed by atoms with van der Waals surface area (Å²) < 4.78 is 10.9. The first kappa shape index (κ1) is 22.1. The number of pyridine rings is 1. The second-order valence-electron chi connectivity index (χ2n) is 9.76. The zero-order valence-corrected chi connectivity index (χ0v) is 19.8. The molecule has 1 aliphatic rings. The normalized spacial score (nSPS) is 14.9. The maximum Gasteiger partial charge on any atom is 0.419 e. The molecule has 0 N–H and O–H groups in total. The van der Waals surface area contributed by atoms with Crippen LogP contribution in [0.25, 0.3) is 11.0 Å². The zero-order chi connectivity index (χ0) is 23.2. The topological polar surface area (TPSA) is 87.2 Å². The van der Waals surface area contributed by atoms with Gasteiger partial charge in [-0.15, -0.1) is 0 Å². The van der Waals surface area contributed by atoms with Gasteiger partial charge in [-0.1, -0.05) is 12.8 Å². The van der Waals surface area contributed by atoms with Crippen LogP contribution >= 0.6 is 0 Å². The first-order valence-electron chi connectivity index (χ1n) is 11.1. The van der Waals surface area contributed by atoms with E-state index in [0.29, 0.717) is 40.6 Å². The molecule has 1 amide bonds. The Kier molecular flexibility index (Phi) is 5.60. The van der Waals surface area contributed by atoms with Crippen molar-refractivity contribution in [1.82, 2.24) is 23.9 Å². The highest BCUT2D eigenvalue weighted by Gasteiger charge is 2.31. The van der Waals surface area contributed by atoms with Crippen LogP contribution in [0.4, 0.5) is 16.2 Å². The molecule has 0 spiro atoms. The lowest BCUT2D eigenvalue weighted by atomic mass is 10.1. The van der Waals surface area contributed by atoms with Gasteiger partial charge in [-0.05, 0) is 46.5 Å². The fourth-order valence-electron chi connectivity index (χ4n) is 4.48. The summed E-state index contributed by atoms with van der Waals surface area (Å²) in [6.45, 7) is 7.96. The van der Waals surface area contributed by atoms with Gasteiger partial charge in [0.05, 0.1) is 23.4 Å². The number of imidazole rings is 1. The third-order valence-electron chi connectivity index (χ3n) is 5.90. The van der Waals surface area contributed by atoms with Crippen LogP contribution in [-0.4, -0.2) is 35.6 Å². The van der Waals surface area contributed by atoms with Gasteiger partial charge in [0, 0.05) is 33.0 Å². The number of carbonyl (C=O) groups excluding carboxylic acids is 1. The van der Waals surface area contributed by atoms with Crippen LogP contribution in [0.15, 0.2) is 23.5 Å². The largest absolute Gasteiger partial charge is 0.443 e. The van der Waals surface area contributed by atoms with E-state index < -0.39 is 11.7 Å². The molecule has 0 saturated heterocycles. The SMILES string of the molecule is Cc1nn(C)cc1N(C(=O)OC(C)(C)C)c1cn(CC2CCCC2)c(=O)c2c1ncn2C. The summed E-state index contributed by atoms with van der Waals surface area (Å²) in [7, 11) is 3.61. The molecule has 1 aliphatic carbocycles. The standard InChI is InChI=1S/C23H32N6O3/c1-15-17(12-27(6)25-15)29(22(31)32-23(2,3)4)18-13-28(11-16-9-7-8-10-16)21(30)20-19(18)24-14-26(20)5/h12-14,16H,7-11H2,1-6H3. The number of carbonyl (C=O) groups is 1. The molecule has 0 atom stereocenters. The first-order valence-corrected chi connectivity index (χ1v) is 11.1. The van der Waals surface area contributed by atoms with E-state index in [9.17, 15) is 9.59 Å². The van der Waals surface area contributed by atoms with Gasteiger partial charge in [-0.3, -0.25) is 9.48 Å². The van der Waals surface area contributed by atoms with E-state index in [0.717, 1.165) is 12.8 Å². The molecule has 0 aliphatic heterocycles. The Morgan fingerprint density at radius 1 is 1.19 bits per heavy atom. The molecule has 9 heteroatoms. The molecule has 9 nitrogen and oxygen atoms in total. The minimum atomic E-state index is -0.688. The van der Waals surface area contributed by atoms with E-state index in [1.54, 1.807) is 46.6 Å². The molecule has 3 aromatic rings. The van der Waals surface area contributed by atoms with E-state index in [1.807, 2.05) is 27.7 Å². The van der Waals surface area contributed by atoms with Gasteiger partial charge in [0.2, 0.25) is 0 Å². The summed E-state index contributed by atoms with van der Waals surface area (Å²) in [6, 6.07) is 0. The third kappa shape index (κ3) is 4.16. The Balaban J connectivity index is 1.93. The molecular weight excluding hydrogens is 408 g/mol. The summed E-state index contributed by atoms with van der Waals surface area (Å²) in [6.07, 6.45) is 9.22. The number of amides is 1. The maximum atomic E-state index is 13.5. The van der Waals surface area contributed by atoms with Crippen LogP contribution in [-0.2, 0) is 25.4 Å². The van der Waals surface area contributed by atoms with E-state index in [1.165, 1.54) is 17.7 Å². The van der Waals surface area contributed by atoms with Crippen LogP contribution in [0.2, 0.25) is 0 Å². The molecule has 3 heterocycles. The van der Waals surface area contributed by atoms with Crippen LogP contribution < -0.4 is 10.5 Å². The number of anilines is 2. The van der Waals surface area contributed by atoms with Crippen molar-refractivity contribution in [2.75, 3.05) is 4.90 Å². The van der Waals surface area contributed by atoms with Gasteiger partial charge in [0.15, 0.2) is 0 Å². The lowest BCUT2D eigenvalue weighted by Gasteiger charge is -2.27. The van der Waals surface area contributed by atoms with Gasteiger partial charge >= 0.3 is 6.09 Å². The van der Waals surface area contributed by atoms with Crippen molar-refractivity contribution in [3.8, 4) is 0 Å². The average Bonchev–Trinajstić information content (AvgIpc) is 3.39. The van der Waals surface area contributed by atoms with Crippen molar-refractivity contribution in [1.29, 1.82) is 0 Å². The molecular formula is C23H32N6O3. The fraction of sp³-hybridized carbons (Fsp3) is 0.565. The zero-order valence-electron chi connectivity index (χ0n) is 19.8. The molecule has 3 aromatic heterocycles. The van der Waals surface area contributed by atoms with Gasteiger partial charge in [0.25, 0.3) is 5.56 Å². The van der Waals surface area contributed by atoms with E-state index in [4.69, 9.17) is 4.74 Å². The monoisotopic (exact) mass is 440 g/mol. The van der Waals surface area contributed by atoms with Crippen molar-refractivity contribution < 1.29 is 9.53 Å². The number of hydrogen-bond acceptors (Lipinski definition) is 5. The third-order valence-corrected chi connectivity index (χ3v) is 5.90. The Labute approximate surface area is 187 Å². The number of nitrogens with zero attached hydrogens (tertiary/aromatic N) is 6. The second kappa shape index (κ2) is 8.11. The predicted octanol–water partition coefficient (Wildman–Crippen LogP) is 4.04. The highest BCUT2D eigenvalue weighted by molar-refractivity contribution is 6.04. The number of aryl methyl sites for hydroxylation is 3. The van der Waals surface area contributed by atoms with Crippen LogP contribution in [0.3, 0.4) is 0 Å². The summed E-state index contributed by atoms with van der Waals surface area (Å²) >= 11 is 0. The molecule has 1 saturated carbocycles. The summed E-state index contributed by atoms with van der Waals surface area (Å²) in [4.78, 5) is 32.8. The highest BCUT2D eigenvalue weighted by Crippen LogP contribution is 2.34. The predicted molar refractivity (Wildman–Crippen MR) is 123 cm³/mol. The first-order chi connectivity index (χ1) is 15.0. The Bertz CT molecular complexity index is 1210. The molecule has 0 bridgehead atoms. The lowest BCUT2D eigenvalue weighted by molar-refractivity contribution is 0.0599. The number of hydrogen-bond donors (Lipinski definition) is 0. The summed E-state index contributed by atoms with van der Waals surface area (Å²) in [5.41, 5.74) is 1.94. The average molecular weight is 441 g/mol. The Morgan fingerprint density at radius 2 is 1.88 bits per heavy atom. The maximum absolute atomic E-state index is 13.5. The van der Waals surface area contributed by atoms with Gasteiger partial charge in [0.1, 0.15) is 16.6 Å². The number of rotatable bonds is 4. The summed E-state index contributed by atoms with van der Waals surface area (Å²) in [5, 5.41) is 4.42. The fourth-order valence-corrected chi connectivity index (χ4v) is 4.48. The van der Waals surface area contributed by atoms with E-state index in [2.05, 4.69) is 10.1 Å². The molecule has 0 radical (unpaired) electrons. The Hall–Kier alpha value is -3.10. The van der Waals surface area contributed by atoms with E-state index >= 15 is 0 Å². The minimum Gasteiger partial charge on any atom is -0.443 e. The quantitative estimate of drug-likeness (QED) is 0.611. The molecule has 0 aromatic carbocycles. The van der Waals surface area contributed by atoms with Gasteiger partial charge in [-0.2, -0.15) is 5.10 Å². The molecule has 4 rings (SSSR count). The van der Waals surface area contributed by atoms with Crippen molar-refractivity contribution in [3.05, 3.63) is 34.8 Å². The Morgan fingerprint density at radius 3 is 2.47 bits per heavy atom.